The number of nitrogens with zero attached hydrogens (tertiary/aromatic N) is 3. The zero-order valence-electron chi connectivity index (χ0n) is 10.4. The van der Waals surface area contributed by atoms with E-state index in [4.69, 9.17) is 0 Å². The molecule has 0 fully saturated rings. The van der Waals surface area contributed by atoms with E-state index in [-0.39, 0.29) is 5.78 Å². The molecule has 2 aromatic heterocycles. The molecule has 0 amide bonds. The van der Waals surface area contributed by atoms with Gasteiger partial charge >= 0.3 is 0 Å². The first-order valence-corrected chi connectivity index (χ1v) is 9.73. The van der Waals surface area contributed by atoms with Gasteiger partial charge in [0.15, 0.2) is 5.78 Å². The molecule has 0 radical (unpaired) electrons. The molecule has 2 aromatic rings. The molecule has 90 valence electrons. The van der Waals surface area contributed by atoms with Crippen LogP contribution in [0.25, 0.3) is 5.00 Å². The predicted molar refractivity (Wildman–Crippen MR) is 72.2 cm³/mol. The first-order chi connectivity index (χ1) is 7.88. The number of hydrogen-bond donors (Lipinski definition) is 0. The van der Waals surface area contributed by atoms with Crippen LogP contribution in [-0.2, 0) is 0 Å². The van der Waals surface area contributed by atoms with Gasteiger partial charge in [-0.3, -0.25) is 4.79 Å². The molecule has 2 heterocycles. The normalized spacial score (nSPS) is 11.8. The number of ketones is 1. The number of hydrogen-bond acceptors (Lipinski definition) is 4. The highest BCUT2D eigenvalue weighted by Gasteiger charge is 2.21. The van der Waals surface area contributed by atoms with Gasteiger partial charge in [0.1, 0.15) is 13.1 Å². The number of rotatable bonds is 3. The molecule has 6 heteroatoms. The zero-order valence-corrected chi connectivity index (χ0v) is 12.2. The largest absolute Gasteiger partial charge is 0.294 e. The second kappa shape index (κ2) is 4.19. The smallest absolute Gasteiger partial charge is 0.169 e. The standard InChI is InChI=1S/C11H15N3OSSi/c1-8(15)9-5-6-11(16-9)14-7-10(12-13-14)17(2,3)4/h5-7H,1-4H3. The van der Waals surface area contributed by atoms with Crippen molar-refractivity contribution in [2.45, 2.75) is 26.6 Å². The van der Waals surface area contributed by atoms with Crippen molar-refractivity contribution in [1.82, 2.24) is 15.0 Å². The minimum Gasteiger partial charge on any atom is -0.294 e. The molecule has 2 rings (SSSR count). The molecule has 4 nitrogen and oxygen atoms in total. The summed E-state index contributed by atoms with van der Waals surface area (Å²) < 4.78 is 1.75. The van der Waals surface area contributed by atoms with Gasteiger partial charge in [0.05, 0.1) is 16.4 Å². The van der Waals surface area contributed by atoms with Crippen LogP contribution in [0.2, 0.25) is 19.6 Å². The van der Waals surface area contributed by atoms with Gasteiger partial charge in [0, 0.05) is 0 Å². The Hall–Kier alpha value is -1.27. The summed E-state index contributed by atoms with van der Waals surface area (Å²) in [5, 5.41) is 10.4. The van der Waals surface area contributed by atoms with Crippen LogP contribution in [-0.4, -0.2) is 28.9 Å². The Morgan fingerprint density at radius 2 is 2.06 bits per heavy atom. The predicted octanol–water partition coefficient (Wildman–Crippen LogP) is 2.08. The highest BCUT2D eigenvalue weighted by atomic mass is 32.1. The van der Waals surface area contributed by atoms with Crippen molar-refractivity contribution in [2.75, 3.05) is 0 Å². The summed E-state index contributed by atoms with van der Waals surface area (Å²) in [6, 6.07) is 3.74. The van der Waals surface area contributed by atoms with Crippen molar-refractivity contribution < 1.29 is 4.79 Å². The molecule has 0 unspecified atom stereocenters. The number of aromatic nitrogens is 3. The van der Waals surface area contributed by atoms with E-state index in [1.165, 1.54) is 11.3 Å². The number of carbonyl (C=O) groups is 1. The Bertz CT molecular complexity index is 553. The number of Topliss-reactive ketones (excluding diaryl/α,β-unsaturated/α-hetero) is 1. The van der Waals surface area contributed by atoms with E-state index in [1.807, 2.05) is 18.3 Å². The van der Waals surface area contributed by atoms with E-state index in [1.54, 1.807) is 11.6 Å². The SMILES string of the molecule is CC(=O)c1ccc(-n2cc([Si](C)(C)C)nn2)s1. The first-order valence-electron chi connectivity index (χ1n) is 5.42. The van der Waals surface area contributed by atoms with Gasteiger partial charge in [0.25, 0.3) is 0 Å². The van der Waals surface area contributed by atoms with Crippen molar-refractivity contribution in [3.63, 3.8) is 0 Å². The molecule has 0 bridgehead atoms. The zero-order chi connectivity index (χ0) is 12.6. The van der Waals surface area contributed by atoms with Crippen molar-refractivity contribution in [1.29, 1.82) is 0 Å². The molecule has 0 saturated carbocycles. The van der Waals surface area contributed by atoms with Crippen molar-refractivity contribution in [2.24, 2.45) is 0 Å². The lowest BCUT2D eigenvalue weighted by atomic mass is 10.4. The van der Waals surface area contributed by atoms with E-state index in [2.05, 4.69) is 30.0 Å². The van der Waals surface area contributed by atoms with Gasteiger partial charge in [-0.25, -0.2) is 4.68 Å². The molecule has 0 N–H and O–H groups in total. The molecule has 0 aliphatic heterocycles. The van der Waals surface area contributed by atoms with Crippen LogP contribution in [0.15, 0.2) is 18.3 Å². The van der Waals surface area contributed by atoms with E-state index < -0.39 is 8.07 Å². The van der Waals surface area contributed by atoms with Crippen LogP contribution in [0.3, 0.4) is 0 Å². The third-order valence-electron chi connectivity index (χ3n) is 2.43. The second-order valence-electron chi connectivity index (χ2n) is 4.99. The maximum absolute atomic E-state index is 11.2. The summed E-state index contributed by atoms with van der Waals surface area (Å²) in [6.07, 6.45) is 1.97. The molecule has 0 spiro atoms. The second-order valence-corrected chi connectivity index (χ2v) is 11.1. The van der Waals surface area contributed by atoms with E-state index in [0.29, 0.717) is 0 Å². The highest BCUT2D eigenvalue weighted by Crippen LogP contribution is 2.20. The molecule has 0 aliphatic rings. The Morgan fingerprint density at radius 3 is 2.53 bits per heavy atom. The number of carbonyl (C=O) groups excluding carboxylic acids is 1. The summed E-state index contributed by atoms with van der Waals surface area (Å²) in [4.78, 5) is 12.0. The Kier molecular flexibility index (Phi) is 3.01. The summed E-state index contributed by atoms with van der Waals surface area (Å²) >= 11 is 1.44. The summed E-state index contributed by atoms with van der Waals surface area (Å²) in [6.45, 7) is 8.27. The topological polar surface area (TPSA) is 47.8 Å². The van der Waals surface area contributed by atoms with Crippen LogP contribution in [0.1, 0.15) is 16.6 Å². The third kappa shape index (κ3) is 2.53. The highest BCUT2D eigenvalue weighted by molar-refractivity contribution is 7.16. The third-order valence-corrected chi connectivity index (χ3v) is 5.37. The fourth-order valence-corrected chi connectivity index (χ4v) is 3.03. The summed E-state index contributed by atoms with van der Waals surface area (Å²) in [5.41, 5.74) is 0. The van der Waals surface area contributed by atoms with Crippen LogP contribution in [0.5, 0.6) is 0 Å². The van der Waals surface area contributed by atoms with Gasteiger partial charge in [0.2, 0.25) is 0 Å². The van der Waals surface area contributed by atoms with Gasteiger partial charge in [-0.1, -0.05) is 24.9 Å². The van der Waals surface area contributed by atoms with E-state index >= 15 is 0 Å². The maximum atomic E-state index is 11.2. The number of thiophene rings is 1. The molecule has 17 heavy (non-hydrogen) atoms. The molecule has 0 atom stereocenters. The minimum atomic E-state index is -1.42. The van der Waals surface area contributed by atoms with Crippen LogP contribution < -0.4 is 5.32 Å². The van der Waals surface area contributed by atoms with Gasteiger partial charge in [-0.2, -0.15) is 0 Å². The Labute approximate surface area is 105 Å². The maximum Gasteiger partial charge on any atom is 0.169 e. The van der Waals surface area contributed by atoms with Gasteiger partial charge in [-0.15, -0.1) is 16.4 Å². The monoisotopic (exact) mass is 265 g/mol. The van der Waals surface area contributed by atoms with Crippen molar-refractivity contribution in [3.05, 3.63) is 23.2 Å². The van der Waals surface area contributed by atoms with Crippen molar-refractivity contribution in [3.8, 4) is 5.00 Å². The lowest BCUT2D eigenvalue weighted by molar-refractivity contribution is 0.102. The minimum absolute atomic E-state index is 0.0896. The lowest BCUT2D eigenvalue weighted by Gasteiger charge is -2.09. The quantitative estimate of drug-likeness (QED) is 0.630. The van der Waals surface area contributed by atoms with Gasteiger partial charge < -0.3 is 0 Å². The molecule has 0 aromatic carbocycles. The fourth-order valence-electron chi connectivity index (χ4n) is 1.36. The van der Waals surface area contributed by atoms with E-state index in [9.17, 15) is 4.79 Å². The Morgan fingerprint density at radius 1 is 1.35 bits per heavy atom. The van der Waals surface area contributed by atoms with Crippen LogP contribution >= 0.6 is 11.3 Å². The van der Waals surface area contributed by atoms with Gasteiger partial charge in [-0.05, 0) is 19.1 Å². The molecule has 0 aliphatic carbocycles. The first kappa shape index (κ1) is 12.2. The van der Waals surface area contributed by atoms with Crippen LogP contribution in [0.4, 0.5) is 0 Å². The molecular formula is C11H15N3OSSi. The van der Waals surface area contributed by atoms with E-state index in [0.717, 1.165) is 15.2 Å². The molecular weight excluding hydrogens is 250 g/mol. The fraction of sp³-hybridized carbons (Fsp3) is 0.364. The lowest BCUT2D eigenvalue weighted by Crippen LogP contribution is -2.38. The summed E-state index contributed by atoms with van der Waals surface area (Å²) in [7, 11) is -1.42. The Balaban J connectivity index is 2.34. The van der Waals surface area contributed by atoms with Crippen LogP contribution in [0, 0.1) is 0 Å². The average Bonchev–Trinajstić information content (AvgIpc) is 2.85. The molecule has 0 saturated heterocycles. The summed E-state index contributed by atoms with van der Waals surface area (Å²) in [5.74, 6) is 0.0896. The van der Waals surface area contributed by atoms with Crippen molar-refractivity contribution >= 4 is 30.5 Å². The average molecular weight is 265 g/mol.